The van der Waals surface area contributed by atoms with E-state index in [9.17, 15) is 5.26 Å². The molecule has 3 aromatic heterocycles. The molecule has 3 heterocycles. The molecule has 156 valence electrons. The number of aromatic amines is 1. The third kappa shape index (κ3) is 3.24. The Morgan fingerprint density at radius 3 is 2.56 bits per heavy atom. The maximum Gasteiger partial charge on any atom is 0.180 e. The standard InChI is InChI=1S/C23H19N9/c1-3-17-12-21(32-23(26-17)16(13-24)14-25-32)31(2)18-10-8-15(9-11-18)19-6-4-5-7-20(19)22-27-29-30-28-22/h4-12,14H,3H2,1-2H3,(H,27,28,29,30). The molecule has 9 heteroatoms. The van der Waals surface area contributed by atoms with E-state index in [1.54, 1.807) is 10.7 Å². The number of nitriles is 1. The van der Waals surface area contributed by atoms with Gasteiger partial charge in [0.1, 0.15) is 17.5 Å². The molecule has 2 aromatic carbocycles. The van der Waals surface area contributed by atoms with Crippen molar-refractivity contribution >= 4 is 17.2 Å². The summed E-state index contributed by atoms with van der Waals surface area (Å²) in [6.07, 6.45) is 2.32. The second-order valence-corrected chi connectivity index (χ2v) is 7.27. The van der Waals surface area contributed by atoms with Crippen LogP contribution in [0.5, 0.6) is 0 Å². The second-order valence-electron chi connectivity index (χ2n) is 7.27. The molecule has 0 saturated carbocycles. The lowest BCUT2D eigenvalue weighted by Crippen LogP contribution is -2.15. The molecule has 0 bridgehead atoms. The maximum atomic E-state index is 9.39. The Morgan fingerprint density at radius 2 is 1.88 bits per heavy atom. The lowest BCUT2D eigenvalue weighted by Gasteiger charge is -2.21. The first-order chi connectivity index (χ1) is 15.7. The number of aromatic nitrogens is 7. The van der Waals surface area contributed by atoms with Crippen molar-refractivity contribution in [2.75, 3.05) is 11.9 Å². The number of H-pyrrole nitrogens is 1. The molecule has 0 radical (unpaired) electrons. The number of aryl methyl sites for hydroxylation is 1. The summed E-state index contributed by atoms with van der Waals surface area (Å²) >= 11 is 0. The molecule has 0 unspecified atom stereocenters. The zero-order valence-electron chi connectivity index (χ0n) is 17.6. The number of rotatable bonds is 5. The Bertz CT molecular complexity index is 1430. The van der Waals surface area contributed by atoms with Gasteiger partial charge < -0.3 is 4.90 Å². The minimum Gasteiger partial charge on any atom is -0.329 e. The molecule has 0 amide bonds. The SMILES string of the molecule is CCc1cc(N(C)c2ccc(-c3ccccc3-c3nnn[nH]3)cc2)n2ncc(C#N)c2n1. The Hall–Kier alpha value is -4.58. The van der Waals surface area contributed by atoms with Gasteiger partial charge in [-0.05, 0) is 40.1 Å². The van der Waals surface area contributed by atoms with Gasteiger partial charge in [0, 0.05) is 30.1 Å². The van der Waals surface area contributed by atoms with Crippen LogP contribution in [0.4, 0.5) is 11.5 Å². The molecule has 0 aliphatic rings. The van der Waals surface area contributed by atoms with E-state index in [1.807, 2.05) is 49.2 Å². The second kappa shape index (κ2) is 7.92. The van der Waals surface area contributed by atoms with Gasteiger partial charge in [-0.25, -0.2) is 10.1 Å². The molecule has 5 rings (SSSR count). The van der Waals surface area contributed by atoms with E-state index in [1.165, 1.54) is 0 Å². The van der Waals surface area contributed by atoms with Crippen molar-refractivity contribution in [3.63, 3.8) is 0 Å². The number of nitrogens with one attached hydrogen (secondary N) is 1. The van der Waals surface area contributed by atoms with E-state index in [-0.39, 0.29) is 0 Å². The number of fused-ring (bicyclic) bond motifs is 1. The summed E-state index contributed by atoms with van der Waals surface area (Å²) in [7, 11) is 1.98. The molecule has 9 nitrogen and oxygen atoms in total. The van der Waals surface area contributed by atoms with Gasteiger partial charge in [0.15, 0.2) is 11.5 Å². The normalized spacial score (nSPS) is 10.9. The first-order valence-electron chi connectivity index (χ1n) is 10.1. The largest absolute Gasteiger partial charge is 0.329 e. The van der Waals surface area contributed by atoms with Crippen LogP contribution in [0.1, 0.15) is 18.2 Å². The molecule has 0 spiro atoms. The van der Waals surface area contributed by atoms with E-state index in [4.69, 9.17) is 0 Å². The summed E-state index contributed by atoms with van der Waals surface area (Å²) in [6, 6.07) is 20.4. The van der Waals surface area contributed by atoms with Crippen LogP contribution in [0, 0.1) is 11.3 Å². The number of tetrazole rings is 1. The Balaban J connectivity index is 1.54. The van der Waals surface area contributed by atoms with Gasteiger partial charge in [-0.3, -0.25) is 0 Å². The highest BCUT2D eigenvalue weighted by Gasteiger charge is 2.16. The highest BCUT2D eigenvalue weighted by atomic mass is 15.5. The molecular formula is C23H19N9. The first kappa shape index (κ1) is 19.4. The average Bonchev–Trinajstić information content (AvgIpc) is 3.53. The van der Waals surface area contributed by atoms with Crippen LogP contribution in [-0.4, -0.2) is 42.3 Å². The summed E-state index contributed by atoms with van der Waals surface area (Å²) in [5.41, 5.74) is 5.93. The quantitative estimate of drug-likeness (QED) is 0.460. The predicted molar refractivity (Wildman–Crippen MR) is 120 cm³/mol. The van der Waals surface area contributed by atoms with E-state index in [0.29, 0.717) is 17.0 Å². The Labute approximate surface area is 184 Å². The average molecular weight is 421 g/mol. The first-order valence-corrected chi connectivity index (χ1v) is 10.1. The molecule has 0 saturated heterocycles. The van der Waals surface area contributed by atoms with Crippen molar-refractivity contribution in [2.45, 2.75) is 13.3 Å². The van der Waals surface area contributed by atoms with Gasteiger partial charge in [-0.1, -0.05) is 43.3 Å². The fraction of sp³-hybridized carbons (Fsp3) is 0.130. The van der Waals surface area contributed by atoms with Crippen molar-refractivity contribution in [3.8, 4) is 28.6 Å². The highest BCUT2D eigenvalue weighted by molar-refractivity contribution is 5.81. The van der Waals surface area contributed by atoms with Crippen molar-refractivity contribution in [3.05, 3.63) is 72.1 Å². The van der Waals surface area contributed by atoms with E-state index >= 15 is 0 Å². The predicted octanol–water partition coefficient (Wildman–Crippen LogP) is 3.78. The monoisotopic (exact) mass is 421 g/mol. The number of hydrogen-bond donors (Lipinski definition) is 1. The summed E-state index contributed by atoms with van der Waals surface area (Å²) in [5, 5.41) is 28.0. The minimum atomic E-state index is 0.462. The van der Waals surface area contributed by atoms with Crippen LogP contribution in [-0.2, 0) is 6.42 Å². The Kier molecular flexibility index (Phi) is 4.80. The van der Waals surface area contributed by atoms with Gasteiger partial charge in [-0.15, -0.1) is 5.10 Å². The van der Waals surface area contributed by atoms with Crippen molar-refractivity contribution in [1.29, 1.82) is 5.26 Å². The summed E-state index contributed by atoms with van der Waals surface area (Å²) in [4.78, 5) is 6.62. The third-order valence-electron chi connectivity index (χ3n) is 5.43. The van der Waals surface area contributed by atoms with Crippen molar-refractivity contribution < 1.29 is 0 Å². The maximum absolute atomic E-state index is 9.39. The molecule has 1 N–H and O–H groups in total. The summed E-state index contributed by atoms with van der Waals surface area (Å²) in [6.45, 7) is 2.04. The molecule has 0 atom stereocenters. The van der Waals surface area contributed by atoms with Crippen LogP contribution >= 0.6 is 0 Å². The van der Waals surface area contributed by atoms with Crippen LogP contribution in [0.25, 0.3) is 28.2 Å². The molecular weight excluding hydrogens is 402 g/mol. The van der Waals surface area contributed by atoms with E-state index < -0.39 is 0 Å². The van der Waals surface area contributed by atoms with Crippen LogP contribution < -0.4 is 4.90 Å². The molecule has 0 aliphatic heterocycles. The molecule has 0 fully saturated rings. The molecule has 0 aliphatic carbocycles. The topological polar surface area (TPSA) is 112 Å². The summed E-state index contributed by atoms with van der Waals surface area (Å²) in [5.74, 6) is 1.47. The van der Waals surface area contributed by atoms with Crippen LogP contribution in [0.2, 0.25) is 0 Å². The van der Waals surface area contributed by atoms with Gasteiger partial charge in [0.25, 0.3) is 0 Å². The lowest BCUT2D eigenvalue weighted by atomic mass is 9.99. The summed E-state index contributed by atoms with van der Waals surface area (Å²) < 4.78 is 1.71. The number of benzene rings is 2. The number of hydrogen-bond acceptors (Lipinski definition) is 7. The number of nitrogens with zero attached hydrogens (tertiary/aromatic N) is 8. The van der Waals surface area contributed by atoms with E-state index in [2.05, 4.69) is 61.0 Å². The molecule has 32 heavy (non-hydrogen) atoms. The van der Waals surface area contributed by atoms with Gasteiger partial charge in [0.05, 0.1) is 6.20 Å². The third-order valence-corrected chi connectivity index (χ3v) is 5.43. The van der Waals surface area contributed by atoms with Gasteiger partial charge in [0.2, 0.25) is 0 Å². The molecule has 5 aromatic rings. The fourth-order valence-electron chi connectivity index (χ4n) is 3.71. The number of anilines is 2. The zero-order chi connectivity index (χ0) is 22.1. The fourth-order valence-corrected chi connectivity index (χ4v) is 3.71. The van der Waals surface area contributed by atoms with Gasteiger partial charge in [-0.2, -0.15) is 14.9 Å². The van der Waals surface area contributed by atoms with E-state index in [0.717, 1.165) is 40.3 Å². The Morgan fingerprint density at radius 1 is 1.09 bits per heavy atom. The minimum absolute atomic E-state index is 0.462. The lowest BCUT2D eigenvalue weighted by molar-refractivity contribution is 0.881. The highest BCUT2D eigenvalue weighted by Crippen LogP contribution is 2.32. The van der Waals surface area contributed by atoms with Crippen LogP contribution in [0.15, 0.2) is 60.8 Å². The van der Waals surface area contributed by atoms with Crippen LogP contribution in [0.3, 0.4) is 0 Å². The van der Waals surface area contributed by atoms with Gasteiger partial charge >= 0.3 is 0 Å². The smallest absolute Gasteiger partial charge is 0.180 e. The van der Waals surface area contributed by atoms with Crippen molar-refractivity contribution in [1.82, 2.24) is 35.2 Å². The zero-order valence-corrected chi connectivity index (χ0v) is 17.6. The van der Waals surface area contributed by atoms with Crippen molar-refractivity contribution in [2.24, 2.45) is 0 Å².